The molecule has 1 saturated heterocycles. The lowest BCUT2D eigenvalue weighted by molar-refractivity contribution is 0.0970. The smallest absolute Gasteiger partial charge is 0.321 e. The van der Waals surface area contributed by atoms with Gasteiger partial charge in [0.2, 0.25) is 5.89 Å². The van der Waals surface area contributed by atoms with Crippen LogP contribution in [0.5, 0.6) is 0 Å². The van der Waals surface area contributed by atoms with E-state index in [1.807, 2.05) is 12.1 Å². The number of ketones is 1. The third-order valence-corrected chi connectivity index (χ3v) is 4.25. The summed E-state index contributed by atoms with van der Waals surface area (Å²) in [4.78, 5) is 30.5. The number of nitrogens with one attached hydrogen (secondary N) is 1. The van der Waals surface area contributed by atoms with E-state index in [-0.39, 0.29) is 11.9 Å². The molecule has 2 amide bonds. The van der Waals surface area contributed by atoms with Crippen LogP contribution in [0.1, 0.15) is 22.2 Å². The summed E-state index contributed by atoms with van der Waals surface area (Å²) in [6, 6.07) is 15.5. The van der Waals surface area contributed by atoms with Gasteiger partial charge >= 0.3 is 6.03 Å². The summed E-state index contributed by atoms with van der Waals surface area (Å²) in [5.41, 5.74) is 2.06. The zero-order valence-electron chi connectivity index (χ0n) is 13.7. The highest BCUT2D eigenvalue weighted by Crippen LogP contribution is 2.26. The summed E-state index contributed by atoms with van der Waals surface area (Å²) < 4.78 is 5.58. The number of nitriles is 1. The van der Waals surface area contributed by atoms with Crippen molar-refractivity contribution < 1.29 is 14.0 Å². The molecule has 7 nitrogen and oxygen atoms in total. The van der Waals surface area contributed by atoms with E-state index in [0.717, 1.165) is 0 Å². The van der Waals surface area contributed by atoms with Crippen molar-refractivity contribution in [1.82, 2.24) is 10.3 Å². The van der Waals surface area contributed by atoms with Crippen LogP contribution in [0.15, 0.2) is 52.9 Å². The Bertz CT molecular complexity index is 1020. The molecule has 26 heavy (non-hydrogen) atoms. The summed E-state index contributed by atoms with van der Waals surface area (Å²) in [5.74, 6) is -1.49. The molecule has 4 rings (SSSR count). The van der Waals surface area contributed by atoms with Gasteiger partial charge in [0.05, 0.1) is 6.07 Å². The molecule has 1 atom stereocenters. The van der Waals surface area contributed by atoms with E-state index in [1.165, 1.54) is 0 Å². The molecule has 3 aromatic rings. The van der Waals surface area contributed by atoms with Gasteiger partial charge in [0, 0.05) is 24.3 Å². The number of fused-ring (bicyclic) bond motifs is 1. The summed E-state index contributed by atoms with van der Waals surface area (Å²) in [6.45, 7) is 1.09. The molecule has 1 aliphatic heterocycles. The number of Topliss-reactive ketones (excluding diaryl/α,β-unsaturated/α-hetero) is 1. The number of rotatable bonds is 4. The van der Waals surface area contributed by atoms with E-state index in [0.29, 0.717) is 35.4 Å². The Balaban J connectivity index is 1.67. The van der Waals surface area contributed by atoms with E-state index >= 15 is 0 Å². The second-order valence-electron chi connectivity index (χ2n) is 5.88. The van der Waals surface area contributed by atoms with Gasteiger partial charge in [0.1, 0.15) is 5.52 Å². The third-order valence-electron chi connectivity index (χ3n) is 4.25. The molecule has 2 aromatic carbocycles. The largest absolute Gasteiger partial charge is 0.439 e. The number of nitrogens with zero attached hydrogens (tertiary/aromatic N) is 3. The number of amides is 2. The number of anilines is 1. The molecule has 2 heterocycles. The van der Waals surface area contributed by atoms with E-state index in [4.69, 9.17) is 4.42 Å². The number of hydrogen-bond donors (Lipinski definition) is 1. The first kappa shape index (κ1) is 15.8. The zero-order valence-corrected chi connectivity index (χ0v) is 13.7. The molecular formula is C19H14N4O3. The maximum Gasteiger partial charge on any atom is 0.321 e. The summed E-state index contributed by atoms with van der Waals surface area (Å²) in [6.07, 6.45) is 0. The molecular weight excluding hydrogens is 332 g/mol. The highest BCUT2D eigenvalue weighted by atomic mass is 16.3. The predicted molar refractivity (Wildman–Crippen MR) is 93.9 cm³/mol. The predicted octanol–water partition coefficient (Wildman–Crippen LogP) is 2.85. The van der Waals surface area contributed by atoms with Crippen molar-refractivity contribution in [3.63, 3.8) is 0 Å². The molecule has 1 N–H and O–H groups in total. The van der Waals surface area contributed by atoms with Crippen LogP contribution >= 0.6 is 0 Å². The number of urea groups is 1. The summed E-state index contributed by atoms with van der Waals surface area (Å²) in [7, 11) is 0. The minimum atomic E-state index is -1.15. The Morgan fingerprint density at radius 1 is 1.27 bits per heavy atom. The normalized spacial score (nSPS) is 14.9. The van der Waals surface area contributed by atoms with E-state index in [1.54, 1.807) is 47.4 Å². The van der Waals surface area contributed by atoms with Crippen molar-refractivity contribution in [2.75, 3.05) is 18.0 Å². The Kier molecular flexibility index (Phi) is 3.86. The molecule has 0 spiro atoms. The van der Waals surface area contributed by atoms with Gasteiger partial charge in [0.15, 0.2) is 17.3 Å². The van der Waals surface area contributed by atoms with Crippen molar-refractivity contribution in [3.05, 3.63) is 60.0 Å². The van der Waals surface area contributed by atoms with Crippen LogP contribution in [0, 0.1) is 11.3 Å². The average Bonchev–Trinajstić information content (AvgIpc) is 3.28. The molecule has 0 saturated carbocycles. The van der Waals surface area contributed by atoms with Crippen molar-refractivity contribution in [3.8, 4) is 6.07 Å². The fourth-order valence-corrected chi connectivity index (χ4v) is 2.95. The standard InChI is InChI=1S/C19H14N4O3/c20-11-14(18-22-15-6-1-2-7-16(15)26-18)17(24)12-4-3-5-13(10-12)23-9-8-21-19(23)25/h1-7,10,14H,8-9H2,(H,21,25)/t14-/m1/s1. The number of para-hydroxylation sites is 2. The minimum absolute atomic E-state index is 0.0722. The molecule has 0 aliphatic carbocycles. The van der Waals surface area contributed by atoms with Crippen LogP contribution in [0.4, 0.5) is 10.5 Å². The second-order valence-corrected chi connectivity index (χ2v) is 5.88. The van der Waals surface area contributed by atoms with Crippen LogP contribution in [-0.4, -0.2) is 29.9 Å². The van der Waals surface area contributed by atoms with E-state index < -0.39 is 11.7 Å². The highest BCUT2D eigenvalue weighted by molar-refractivity contribution is 6.04. The van der Waals surface area contributed by atoms with Gasteiger partial charge in [-0.3, -0.25) is 9.69 Å². The van der Waals surface area contributed by atoms with Crippen molar-refractivity contribution in [1.29, 1.82) is 5.26 Å². The van der Waals surface area contributed by atoms with Crippen LogP contribution < -0.4 is 10.2 Å². The number of aromatic nitrogens is 1. The van der Waals surface area contributed by atoms with Crippen molar-refractivity contribution in [2.24, 2.45) is 0 Å². The molecule has 1 fully saturated rings. The van der Waals surface area contributed by atoms with E-state index in [9.17, 15) is 14.9 Å². The Morgan fingerprint density at radius 2 is 2.12 bits per heavy atom. The Labute approximate surface area is 148 Å². The summed E-state index contributed by atoms with van der Waals surface area (Å²) in [5, 5.41) is 12.2. The minimum Gasteiger partial charge on any atom is -0.439 e. The number of hydrogen-bond acceptors (Lipinski definition) is 5. The quantitative estimate of drug-likeness (QED) is 0.732. The molecule has 0 unspecified atom stereocenters. The number of benzene rings is 2. The van der Waals surface area contributed by atoms with Gasteiger partial charge in [-0.15, -0.1) is 0 Å². The molecule has 1 aromatic heterocycles. The van der Waals surface area contributed by atoms with Gasteiger partial charge in [-0.1, -0.05) is 24.3 Å². The van der Waals surface area contributed by atoms with Gasteiger partial charge in [-0.25, -0.2) is 9.78 Å². The monoisotopic (exact) mass is 346 g/mol. The third kappa shape index (κ3) is 2.67. The lowest BCUT2D eigenvalue weighted by Gasteiger charge is -2.15. The first-order chi connectivity index (χ1) is 12.7. The number of carbonyl (C=O) groups excluding carboxylic acids is 2. The SMILES string of the molecule is N#C[C@H](C(=O)c1cccc(N2CCNC2=O)c1)c1nc2ccccc2o1. The van der Waals surface area contributed by atoms with Gasteiger partial charge in [0.25, 0.3) is 0 Å². The topological polar surface area (TPSA) is 99.2 Å². The fourth-order valence-electron chi connectivity index (χ4n) is 2.95. The molecule has 1 aliphatic rings. The molecule has 128 valence electrons. The zero-order chi connectivity index (χ0) is 18.1. The van der Waals surface area contributed by atoms with Gasteiger partial charge in [-0.05, 0) is 24.3 Å². The lowest BCUT2D eigenvalue weighted by atomic mass is 9.98. The number of carbonyl (C=O) groups is 2. The van der Waals surface area contributed by atoms with Crippen molar-refractivity contribution >= 4 is 28.6 Å². The maximum atomic E-state index is 12.9. The molecule has 7 heteroatoms. The first-order valence-electron chi connectivity index (χ1n) is 8.12. The first-order valence-corrected chi connectivity index (χ1v) is 8.12. The van der Waals surface area contributed by atoms with Gasteiger partial charge in [-0.2, -0.15) is 5.26 Å². The van der Waals surface area contributed by atoms with Crippen LogP contribution in [0.25, 0.3) is 11.1 Å². The van der Waals surface area contributed by atoms with Crippen molar-refractivity contribution in [2.45, 2.75) is 5.92 Å². The second kappa shape index (κ2) is 6.33. The fraction of sp³-hybridized carbons (Fsp3) is 0.158. The van der Waals surface area contributed by atoms with Crippen LogP contribution in [0.2, 0.25) is 0 Å². The Morgan fingerprint density at radius 3 is 2.85 bits per heavy atom. The highest BCUT2D eigenvalue weighted by Gasteiger charge is 2.28. The van der Waals surface area contributed by atoms with E-state index in [2.05, 4.69) is 10.3 Å². The summed E-state index contributed by atoms with van der Waals surface area (Å²) >= 11 is 0. The lowest BCUT2D eigenvalue weighted by Crippen LogP contribution is -2.27. The number of oxazole rings is 1. The molecule has 0 radical (unpaired) electrons. The van der Waals surface area contributed by atoms with Gasteiger partial charge < -0.3 is 9.73 Å². The van der Waals surface area contributed by atoms with Crippen LogP contribution in [-0.2, 0) is 0 Å². The average molecular weight is 346 g/mol. The Hall–Kier alpha value is -3.66. The maximum absolute atomic E-state index is 12.9. The molecule has 0 bridgehead atoms. The van der Waals surface area contributed by atoms with Crippen LogP contribution in [0.3, 0.4) is 0 Å².